The molecule has 1 aliphatic heterocycles. The quantitative estimate of drug-likeness (QED) is 0.905. The molecule has 0 atom stereocenters. The van der Waals surface area contributed by atoms with Crippen LogP contribution in [0, 0.1) is 0 Å². The normalized spacial score (nSPS) is 12.0. The van der Waals surface area contributed by atoms with Gasteiger partial charge in [-0.05, 0) is 29.8 Å². The Morgan fingerprint density at radius 1 is 1.10 bits per heavy atom. The summed E-state index contributed by atoms with van der Waals surface area (Å²) in [7, 11) is 1.62. The molecule has 0 fully saturated rings. The molecule has 21 heavy (non-hydrogen) atoms. The maximum absolute atomic E-state index is 11.5. The highest BCUT2D eigenvalue weighted by atomic mass is 16.7. The molecule has 0 spiro atoms. The number of amides is 1. The molecule has 0 saturated heterocycles. The number of carbonyl (C=O) groups is 1. The van der Waals surface area contributed by atoms with Crippen LogP contribution in [0.2, 0.25) is 0 Å². The molecule has 2 N–H and O–H groups in total. The summed E-state index contributed by atoms with van der Waals surface area (Å²) in [6, 6.07) is 13.3. The van der Waals surface area contributed by atoms with Crippen LogP contribution < -0.4 is 20.1 Å². The van der Waals surface area contributed by atoms with E-state index >= 15 is 0 Å². The Morgan fingerprint density at radius 3 is 2.62 bits per heavy atom. The Balaban J connectivity index is 1.63. The summed E-state index contributed by atoms with van der Waals surface area (Å²) in [4.78, 5) is 11.5. The minimum Gasteiger partial charge on any atom is -0.454 e. The van der Waals surface area contributed by atoms with Gasteiger partial charge in [0.2, 0.25) is 6.79 Å². The molecule has 5 heteroatoms. The Kier molecular flexibility index (Phi) is 3.64. The number of benzene rings is 2. The maximum atomic E-state index is 11.5. The molecule has 0 bridgehead atoms. The van der Waals surface area contributed by atoms with Crippen molar-refractivity contribution in [2.45, 2.75) is 6.54 Å². The number of fused-ring (bicyclic) bond motifs is 1. The lowest BCUT2D eigenvalue weighted by molar-refractivity contribution is 0.0963. The van der Waals surface area contributed by atoms with Crippen LogP contribution in [0.1, 0.15) is 15.9 Å². The number of hydrogen-bond donors (Lipinski definition) is 2. The van der Waals surface area contributed by atoms with Crippen LogP contribution in [0.25, 0.3) is 0 Å². The minimum atomic E-state index is -0.0784. The van der Waals surface area contributed by atoms with E-state index < -0.39 is 0 Å². The molecule has 0 aromatic heterocycles. The van der Waals surface area contributed by atoms with Crippen molar-refractivity contribution in [2.24, 2.45) is 0 Å². The molecule has 3 rings (SSSR count). The van der Waals surface area contributed by atoms with Crippen molar-refractivity contribution < 1.29 is 14.3 Å². The van der Waals surface area contributed by atoms with Gasteiger partial charge >= 0.3 is 0 Å². The summed E-state index contributed by atoms with van der Waals surface area (Å²) in [5.41, 5.74) is 2.72. The second-order valence-corrected chi connectivity index (χ2v) is 4.70. The van der Waals surface area contributed by atoms with E-state index in [0.717, 1.165) is 22.7 Å². The second kappa shape index (κ2) is 5.75. The first-order valence-corrected chi connectivity index (χ1v) is 6.71. The predicted octanol–water partition coefficient (Wildman–Crippen LogP) is 2.39. The summed E-state index contributed by atoms with van der Waals surface area (Å²) in [5, 5.41) is 5.92. The van der Waals surface area contributed by atoms with Gasteiger partial charge in [-0.3, -0.25) is 4.79 Å². The van der Waals surface area contributed by atoms with Crippen LogP contribution >= 0.6 is 0 Å². The molecule has 0 unspecified atom stereocenters. The SMILES string of the molecule is CNC(=O)c1ccc(CNc2ccc3c(c2)OCO3)cc1. The highest BCUT2D eigenvalue weighted by molar-refractivity contribution is 5.93. The highest BCUT2D eigenvalue weighted by Gasteiger charge is 2.12. The zero-order valence-electron chi connectivity index (χ0n) is 11.7. The molecule has 0 saturated carbocycles. The van der Waals surface area contributed by atoms with E-state index in [1.54, 1.807) is 7.05 Å². The fourth-order valence-corrected chi connectivity index (χ4v) is 2.13. The average molecular weight is 284 g/mol. The summed E-state index contributed by atoms with van der Waals surface area (Å²) < 4.78 is 10.6. The topological polar surface area (TPSA) is 59.6 Å². The summed E-state index contributed by atoms with van der Waals surface area (Å²) in [5.74, 6) is 1.45. The van der Waals surface area contributed by atoms with Gasteiger partial charge in [-0.25, -0.2) is 0 Å². The van der Waals surface area contributed by atoms with Crippen LogP contribution in [0.4, 0.5) is 5.69 Å². The Morgan fingerprint density at radius 2 is 1.86 bits per heavy atom. The third-order valence-corrected chi connectivity index (χ3v) is 3.31. The van der Waals surface area contributed by atoms with Crippen LogP contribution in [0.3, 0.4) is 0 Å². The predicted molar refractivity (Wildman–Crippen MR) is 79.7 cm³/mol. The first-order valence-electron chi connectivity index (χ1n) is 6.71. The van der Waals surface area contributed by atoms with E-state index in [0.29, 0.717) is 12.1 Å². The van der Waals surface area contributed by atoms with E-state index in [1.165, 1.54) is 0 Å². The Labute approximate surface area is 122 Å². The number of ether oxygens (including phenoxy) is 2. The Bertz CT molecular complexity index is 653. The molecule has 0 radical (unpaired) electrons. The van der Waals surface area contributed by atoms with Crippen molar-refractivity contribution in [3.05, 3.63) is 53.6 Å². The largest absolute Gasteiger partial charge is 0.454 e. The van der Waals surface area contributed by atoms with Gasteiger partial charge in [0.1, 0.15) is 0 Å². The van der Waals surface area contributed by atoms with Crippen LogP contribution in [-0.4, -0.2) is 19.7 Å². The number of anilines is 1. The molecule has 108 valence electrons. The first kappa shape index (κ1) is 13.3. The van der Waals surface area contributed by atoms with Gasteiger partial charge in [-0.15, -0.1) is 0 Å². The fourth-order valence-electron chi connectivity index (χ4n) is 2.13. The lowest BCUT2D eigenvalue weighted by atomic mass is 10.1. The van der Waals surface area contributed by atoms with Crippen molar-refractivity contribution in [2.75, 3.05) is 19.2 Å². The smallest absolute Gasteiger partial charge is 0.251 e. The van der Waals surface area contributed by atoms with Gasteiger partial charge < -0.3 is 20.1 Å². The van der Waals surface area contributed by atoms with E-state index in [4.69, 9.17) is 9.47 Å². The molecule has 2 aromatic rings. The third kappa shape index (κ3) is 2.91. The molecular formula is C16H16N2O3. The number of hydrogen-bond acceptors (Lipinski definition) is 4. The van der Waals surface area contributed by atoms with E-state index in [2.05, 4.69) is 10.6 Å². The van der Waals surface area contributed by atoms with Crippen LogP contribution in [0.15, 0.2) is 42.5 Å². The van der Waals surface area contributed by atoms with Crippen molar-refractivity contribution in [3.63, 3.8) is 0 Å². The van der Waals surface area contributed by atoms with Gasteiger partial charge in [0, 0.05) is 30.9 Å². The summed E-state index contributed by atoms with van der Waals surface area (Å²) in [6.45, 7) is 0.952. The zero-order valence-corrected chi connectivity index (χ0v) is 11.7. The van der Waals surface area contributed by atoms with Crippen LogP contribution in [0.5, 0.6) is 11.5 Å². The third-order valence-electron chi connectivity index (χ3n) is 3.31. The highest BCUT2D eigenvalue weighted by Crippen LogP contribution is 2.34. The number of nitrogens with one attached hydrogen (secondary N) is 2. The van der Waals surface area contributed by atoms with E-state index in [-0.39, 0.29) is 12.7 Å². The van der Waals surface area contributed by atoms with Gasteiger partial charge in [0.25, 0.3) is 5.91 Å². The lowest BCUT2D eigenvalue weighted by Crippen LogP contribution is -2.17. The zero-order chi connectivity index (χ0) is 14.7. The van der Waals surface area contributed by atoms with Crippen molar-refractivity contribution in [1.82, 2.24) is 5.32 Å². The standard InChI is InChI=1S/C16H16N2O3/c1-17-16(19)12-4-2-11(3-5-12)9-18-13-6-7-14-15(8-13)21-10-20-14/h2-8,18H,9-10H2,1H3,(H,17,19). The molecule has 1 amide bonds. The molecule has 0 aliphatic carbocycles. The average Bonchev–Trinajstić information content (AvgIpc) is 3.00. The van der Waals surface area contributed by atoms with E-state index in [9.17, 15) is 4.79 Å². The van der Waals surface area contributed by atoms with Gasteiger partial charge in [0.05, 0.1) is 0 Å². The molecular weight excluding hydrogens is 268 g/mol. The van der Waals surface area contributed by atoms with Gasteiger partial charge in [-0.1, -0.05) is 12.1 Å². The molecule has 5 nitrogen and oxygen atoms in total. The fraction of sp³-hybridized carbons (Fsp3) is 0.188. The molecule has 2 aromatic carbocycles. The molecule has 1 aliphatic rings. The number of rotatable bonds is 4. The van der Waals surface area contributed by atoms with E-state index in [1.807, 2.05) is 42.5 Å². The maximum Gasteiger partial charge on any atom is 0.251 e. The minimum absolute atomic E-state index is 0.0784. The molecule has 1 heterocycles. The first-order chi connectivity index (χ1) is 10.3. The summed E-state index contributed by atoms with van der Waals surface area (Å²) in [6.07, 6.45) is 0. The van der Waals surface area contributed by atoms with Gasteiger partial charge in [-0.2, -0.15) is 0 Å². The number of carbonyl (C=O) groups excluding carboxylic acids is 1. The van der Waals surface area contributed by atoms with Gasteiger partial charge in [0.15, 0.2) is 11.5 Å². The van der Waals surface area contributed by atoms with Crippen LogP contribution in [-0.2, 0) is 6.54 Å². The summed E-state index contributed by atoms with van der Waals surface area (Å²) >= 11 is 0. The van der Waals surface area contributed by atoms with Crippen molar-refractivity contribution >= 4 is 11.6 Å². The monoisotopic (exact) mass is 284 g/mol. The Hall–Kier alpha value is -2.69. The van der Waals surface area contributed by atoms with Crippen molar-refractivity contribution in [1.29, 1.82) is 0 Å². The lowest BCUT2D eigenvalue weighted by Gasteiger charge is -2.08. The second-order valence-electron chi connectivity index (χ2n) is 4.70. The van der Waals surface area contributed by atoms with Crippen molar-refractivity contribution in [3.8, 4) is 11.5 Å².